The number of unbranched alkanes of at least 4 members (excludes halogenated alkanes) is 4. The zero-order valence-electron chi connectivity index (χ0n) is 23.8. The first-order valence-corrected chi connectivity index (χ1v) is 17.0. The number of allylic oxidation sites excluding steroid dienone is 1. The van der Waals surface area contributed by atoms with Gasteiger partial charge in [0.25, 0.3) is 0 Å². The lowest BCUT2D eigenvalue weighted by molar-refractivity contribution is -0.161. The summed E-state index contributed by atoms with van der Waals surface area (Å²) in [5.74, 6) is 0.690. The summed E-state index contributed by atoms with van der Waals surface area (Å²) in [6.45, 7) is 10.8. The Morgan fingerprint density at radius 3 is 2.29 bits per heavy atom. The standard InChI is InChI=1S/C29H54O5Si/c1-8-10-20-28(3,33-5)21-15-16-24-18-19-26(30)25(24)17-13-12-14-23-29(22-11-9-2,27(31)32-4)34-35(6)7/h15-16,24-25,35H,8-14,17-23H2,1-7H3/t24-,25+,28?,29?/m0/s1. The van der Waals surface area contributed by atoms with E-state index < -0.39 is 14.6 Å². The van der Waals surface area contributed by atoms with Crippen molar-refractivity contribution in [2.24, 2.45) is 11.8 Å². The molecule has 4 atom stereocenters. The van der Waals surface area contributed by atoms with Crippen molar-refractivity contribution in [2.45, 2.75) is 135 Å². The second kappa shape index (κ2) is 16.7. The molecule has 204 valence electrons. The molecule has 0 aromatic rings. The minimum atomic E-state index is -1.40. The molecule has 0 heterocycles. The van der Waals surface area contributed by atoms with Gasteiger partial charge in [0.1, 0.15) is 5.78 Å². The number of hydrogen-bond donors (Lipinski definition) is 0. The molecular weight excluding hydrogens is 456 g/mol. The Balaban J connectivity index is 2.62. The second-order valence-electron chi connectivity index (χ2n) is 11.0. The van der Waals surface area contributed by atoms with Crippen LogP contribution in [-0.2, 0) is 23.5 Å². The number of Topliss-reactive ketones (excluding diaryl/α,β-unsaturated/α-hetero) is 1. The first kappa shape index (κ1) is 32.0. The Morgan fingerprint density at radius 2 is 1.69 bits per heavy atom. The van der Waals surface area contributed by atoms with Crippen LogP contribution in [0.25, 0.3) is 0 Å². The van der Waals surface area contributed by atoms with Crippen molar-refractivity contribution in [3.8, 4) is 0 Å². The first-order chi connectivity index (χ1) is 16.7. The van der Waals surface area contributed by atoms with Crippen LogP contribution in [0.2, 0.25) is 13.1 Å². The molecule has 0 aromatic carbocycles. The van der Waals surface area contributed by atoms with E-state index in [-0.39, 0.29) is 17.5 Å². The Bertz CT molecular complexity index is 649. The smallest absolute Gasteiger partial charge is 0.336 e. The van der Waals surface area contributed by atoms with Crippen LogP contribution in [0.15, 0.2) is 12.2 Å². The molecule has 6 heteroatoms. The van der Waals surface area contributed by atoms with Crippen molar-refractivity contribution in [1.82, 2.24) is 0 Å². The van der Waals surface area contributed by atoms with E-state index >= 15 is 0 Å². The summed E-state index contributed by atoms with van der Waals surface area (Å²) in [7, 11) is 1.87. The second-order valence-corrected chi connectivity index (χ2v) is 13.4. The number of methoxy groups -OCH3 is 2. The Hall–Kier alpha value is -0.983. The van der Waals surface area contributed by atoms with E-state index in [4.69, 9.17) is 13.9 Å². The lowest BCUT2D eigenvalue weighted by Gasteiger charge is -2.33. The highest BCUT2D eigenvalue weighted by Crippen LogP contribution is 2.35. The highest BCUT2D eigenvalue weighted by Gasteiger charge is 2.40. The van der Waals surface area contributed by atoms with Gasteiger partial charge in [0.15, 0.2) is 14.6 Å². The lowest BCUT2D eigenvalue weighted by Crippen LogP contribution is -2.45. The normalized spacial score (nSPS) is 22.0. The van der Waals surface area contributed by atoms with Crippen LogP contribution in [0.1, 0.15) is 111 Å². The van der Waals surface area contributed by atoms with E-state index in [9.17, 15) is 9.59 Å². The van der Waals surface area contributed by atoms with E-state index in [0.717, 1.165) is 64.2 Å². The molecule has 0 amide bonds. The molecule has 5 nitrogen and oxygen atoms in total. The number of hydrogen-bond acceptors (Lipinski definition) is 5. The zero-order valence-corrected chi connectivity index (χ0v) is 25.0. The molecule has 0 bridgehead atoms. The molecule has 0 spiro atoms. The summed E-state index contributed by atoms with van der Waals surface area (Å²) in [4.78, 5) is 25.3. The summed E-state index contributed by atoms with van der Waals surface area (Å²) in [6.07, 6.45) is 17.8. The van der Waals surface area contributed by atoms with Gasteiger partial charge in [-0.1, -0.05) is 70.9 Å². The van der Waals surface area contributed by atoms with Crippen LogP contribution in [0.3, 0.4) is 0 Å². The fraction of sp³-hybridized carbons (Fsp3) is 0.862. The molecule has 0 aromatic heterocycles. The van der Waals surface area contributed by atoms with Gasteiger partial charge in [-0.25, -0.2) is 4.79 Å². The van der Waals surface area contributed by atoms with Crippen molar-refractivity contribution in [3.05, 3.63) is 12.2 Å². The summed E-state index contributed by atoms with van der Waals surface area (Å²) < 4.78 is 17.3. The summed E-state index contributed by atoms with van der Waals surface area (Å²) in [6, 6.07) is 0. The molecule has 0 aliphatic heterocycles. The maximum atomic E-state index is 12.7. The van der Waals surface area contributed by atoms with Crippen molar-refractivity contribution >= 4 is 20.8 Å². The van der Waals surface area contributed by atoms with Crippen LogP contribution >= 0.6 is 0 Å². The predicted octanol–water partition coefficient (Wildman–Crippen LogP) is 7.18. The predicted molar refractivity (Wildman–Crippen MR) is 147 cm³/mol. The molecule has 35 heavy (non-hydrogen) atoms. The summed E-state index contributed by atoms with van der Waals surface area (Å²) in [5.41, 5.74) is -0.902. The molecule has 2 unspecified atom stereocenters. The van der Waals surface area contributed by atoms with Crippen LogP contribution in [0.4, 0.5) is 0 Å². The number of esters is 1. The highest BCUT2D eigenvalue weighted by atomic mass is 28.3. The van der Waals surface area contributed by atoms with E-state index in [2.05, 4.69) is 46.0 Å². The van der Waals surface area contributed by atoms with Gasteiger partial charge in [-0.15, -0.1) is 0 Å². The number of carbonyl (C=O) groups is 2. The molecular formula is C29H54O5Si. The van der Waals surface area contributed by atoms with Gasteiger partial charge < -0.3 is 13.9 Å². The number of ketones is 1. The van der Waals surface area contributed by atoms with E-state index in [0.29, 0.717) is 24.5 Å². The van der Waals surface area contributed by atoms with E-state index in [1.807, 2.05) is 0 Å². The molecule has 0 N–H and O–H groups in total. The highest BCUT2D eigenvalue weighted by molar-refractivity contribution is 6.48. The molecule has 1 saturated carbocycles. The average molecular weight is 511 g/mol. The van der Waals surface area contributed by atoms with Gasteiger partial charge in [0.2, 0.25) is 0 Å². The third-order valence-electron chi connectivity index (χ3n) is 7.69. The van der Waals surface area contributed by atoms with Crippen LogP contribution in [0.5, 0.6) is 0 Å². The molecule has 1 aliphatic carbocycles. The van der Waals surface area contributed by atoms with Crippen molar-refractivity contribution in [1.29, 1.82) is 0 Å². The minimum absolute atomic E-state index is 0.116. The molecule has 0 saturated heterocycles. The minimum Gasteiger partial charge on any atom is -0.467 e. The van der Waals surface area contributed by atoms with Gasteiger partial charge in [-0.2, -0.15) is 0 Å². The maximum absolute atomic E-state index is 12.7. The lowest BCUT2D eigenvalue weighted by atomic mass is 9.87. The number of carbonyl (C=O) groups excluding carboxylic acids is 2. The third kappa shape index (κ3) is 10.9. The van der Waals surface area contributed by atoms with Gasteiger partial charge in [-0.05, 0) is 64.5 Å². The zero-order chi connectivity index (χ0) is 26.3. The summed E-state index contributed by atoms with van der Waals surface area (Å²) in [5, 5.41) is 0. The Labute approximate surface area is 217 Å². The third-order valence-corrected chi connectivity index (χ3v) is 8.61. The van der Waals surface area contributed by atoms with Gasteiger partial charge in [0.05, 0.1) is 12.7 Å². The number of rotatable bonds is 19. The van der Waals surface area contributed by atoms with Gasteiger partial charge in [0, 0.05) is 19.4 Å². The van der Waals surface area contributed by atoms with Gasteiger partial charge >= 0.3 is 5.97 Å². The largest absolute Gasteiger partial charge is 0.467 e. The van der Waals surface area contributed by atoms with E-state index in [1.165, 1.54) is 20.0 Å². The average Bonchev–Trinajstić information content (AvgIpc) is 3.19. The quantitative estimate of drug-likeness (QED) is 0.0797. The SMILES string of the molecule is CCCCC(C)(CC=C[C@H]1CCC(=O)[C@@H]1CCCCCC(CCCC)(O[SiH](C)C)C(=O)OC)OC. The van der Waals surface area contributed by atoms with E-state index in [1.54, 1.807) is 7.11 Å². The Kier molecular flexibility index (Phi) is 15.3. The van der Waals surface area contributed by atoms with Crippen LogP contribution in [0, 0.1) is 11.8 Å². The fourth-order valence-electron chi connectivity index (χ4n) is 5.42. The molecule has 1 fully saturated rings. The molecule has 0 radical (unpaired) electrons. The maximum Gasteiger partial charge on any atom is 0.336 e. The first-order valence-electron chi connectivity index (χ1n) is 14.2. The molecule has 1 rings (SSSR count). The van der Waals surface area contributed by atoms with Crippen molar-refractivity contribution < 1.29 is 23.5 Å². The topological polar surface area (TPSA) is 61.8 Å². The Morgan fingerprint density at radius 1 is 1.03 bits per heavy atom. The van der Waals surface area contributed by atoms with Crippen molar-refractivity contribution in [3.63, 3.8) is 0 Å². The van der Waals surface area contributed by atoms with Crippen LogP contribution < -0.4 is 0 Å². The fourth-order valence-corrected chi connectivity index (χ4v) is 6.65. The number of ether oxygens (including phenoxy) is 2. The van der Waals surface area contributed by atoms with Crippen LogP contribution in [-0.4, -0.2) is 46.2 Å². The van der Waals surface area contributed by atoms with Crippen molar-refractivity contribution in [2.75, 3.05) is 14.2 Å². The monoisotopic (exact) mass is 510 g/mol. The van der Waals surface area contributed by atoms with Gasteiger partial charge in [-0.3, -0.25) is 4.79 Å². The summed E-state index contributed by atoms with van der Waals surface area (Å²) >= 11 is 0. The molecule has 1 aliphatic rings.